The largest absolute Gasteiger partial charge is 0.455 e. The first kappa shape index (κ1) is 11.5. The van der Waals surface area contributed by atoms with Crippen molar-refractivity contribution in [1.29, 1.82) is 0 Å². The van der Waals surface area contributed by atoms with Gasteiger partial charge < -0.3 is 15.8 Å². The molecule has 0 bridgehead atoms. The predicted octanol–water partition coefficient (Wildman–Crippen LogP) is 0.265. The Kier molecular flexibility index (Phi) is 3.50. The van der Waals surface area contributed by atoms with Gasteiger partial charge in [-0.1, -0.05) is 20.8 Å². The Balaban J connectivity index is 2.47. The second-order valence-electron chi connectivity index (χ2n) is 4.33. The number of rotatable bonds is 4. The highest BCUT2D eigenvalue weighted by molar-refractivity contribution is 5.76. The van der Waals surface area contributed by atoms with Crippen LogP contribution in [0.2, 0.25) is 0 Å². The molecule has 1 aliphatic heterocycles. The Morgan fingerprint density at radius 3 is 2.43 bits per heavy atom. The highest BCUT2D eigenvalue weighted by atomic mass is 16.6. The molecule has 0 aliphatic carbocycles. The topological polar surface area (TPSA) is 64.3 Å². The van der Waals surface area contributed by atoms with Crippen LogP contribution in [0.1, 0.15) is 27.2 Å². The molecular weight excluding hydrogens is 180 g/mol. The van der Waals surface area contributed by atoms with Gasteiger partial charge in [0.2, 0.25) is 0 Å². The number of nitrogens with one attached hydrogen (secondary N) is 1. The lowest BCUT2D eigenvalue weighted by Gasteiger charge is -2.41. The molecular formula is C10H20N2O2. The first-order valence-electron chi connectivity index (χ1n) is 5.20. The van der Waals surface area contributed by atoms with Crippen molar-refractivity contribution in [3.05, 3.63) is 0 Å². The fourth-order valence-corrected chi connectivity index (χ4v) is 1.35. The minimum Gasteiger partial charge on any atom is -0.455 e. The fraction of sp³-hybridized carbons (Fsp3) is 0.900. The first-order valence-corrected chi connectivity index (χ1v) is 5.20. The van der Waals surface area contributed by atoms with Crippen molar-refractivity contribution in [2.24, 2.45) is 11.7 Å². The zero-order valence-electron chi connectivity index (χ0n) is 9.17. The summed E-state index contributed by atoms with van der Waals surface area (Å²) in [7, 11) is 0. The molecule has 14 heavy (non-hydrogen) atoms. The van der Waals surface area contributed by atoms with Crippen LogP contribution in [-0.2, 0) is 9.53 Å². The summed E-state index contributed by atoms with van der Waals surface area (Å²) in [6, 6.07) is -0.501. The smallest absolute Gasteiger partial charge is 0.323 e. The van der Waals surface area contributed by atoms with Crippen molar-refractivity contribution in [2.45, 2.75) is 38.8 Å². The first-order chi connectivity index (χ1) is 6.51. The van der Waals surface area contributed by atoms with E-state index in [1.807, 2.05) is 20.8 Å². The molecule has 4 heteroatoms. The maximum Gasteiger partial charge on any atom is 0.323 e. The van der Waals surface area contributed by atoms with E-state index >= 15 is 0 Å². The number of esters is 1. The molecule has 0 spiro atoms. The third-order valence-electron chi connectivity index (χ3n) is 2.85. The summed E-state index contributed by atoms with van der Waals surface area (Å²) in [6.07, 6.45) is 0.844. The molecule has 1 rings (SSSR count). The summed E-state index contributed by atoms with van der Waals surface area (Å²) in [5.41, 5.74) is 5.42. The molecule has 1 fully saturated rings. The van der Waals surface area contributed by atoms with Gasteiger partial charge in [0, 0.05) is 13.1 Å². The number of carbonyl (C=O) groups excluding carboxylic acids is 1. The second-order valence-corrected chi connectivity index (χ2v) is 4.33. The van der Waals surface area contributed by atoms with Crippen molar-refractivity contribution in [3.8, 4) is 0 Å². The standard InChI is InChI=1S/C10H20N2O2/c1-4-10(5-12-6-10)14-9(13)8(11)7(2)3/h7-8,12H,4-6,11H2,1-3H3. The van der Waals surface area contributed by atoms with E-state index in [-0.39, 0.29) is 17.5 Å². The van der Waals surface area contributed by atoms with Gasteiger partial charge in [0.25, 0.3) is 0 Å². The van der Waals surface area contributed by atoms with Gasteiger partial charge in [0.1, 0.15) is 11.6 Å². The van der Waals surface area contributed by atoms with E-state index in [4.69, 9.17) is 10.5 Å². The monoisotopic (exact) mass is 200 g/mol. The van der Waals surface area contributed by atoms with Crippen LogP contribution in [0.4, 0.5) is 0 Å². The van der Waals surface area contributed by atoms with E-state index in [2.05, 4.69) is 5.32 Å². The fourth-order valence-electron chi connectivity index (χ4n) is 1.35. The highest BCUT2D eigenvalue weighted by Gasteiger charge is 2.40. The number of ether oxygens (including phenoxy) is 1. The molecule has 0 amide bonds. The van der Waals surface area contributed by atoms with E-state index < -0.39 is 6.04 Å². The molecule has 0 aromatic rings. The van der Waals surface area contributed by atoms with Crippen molar-refractivity contribution >= 4 is 5.97 Å². The van der Waals surface area contributed by atoms with Crippen molar-refractivity contribution in [2.75, 3.05) is 13.1 Å². The van der Waals surface area contributed by atoms with Gasteiger partial charge in [0.05, 0.1) is 0 Å². The molecule has 0 radical (unpaired) electrons. The Labute approximate surface area is 85.2 Å². The average molecular weight is 200 g/mol. The average Bonchev–Trinajstić information content (AvgIpc) is 2.09. The summed E-state index contributed by atoms with van der Waals surface area (Å²) in [5.74, 6) is -0.146. The maximum absolute atomic E-state index is 11.6. The normalized spacial score (nSPS) is 21.5. The minimum absolute atomic E-state index is 0.129. The summed E-state index contributed by atoms with van der Waals surface area (Å²) in [5, 5.41) is 3.11. The van der Waals surface area contributed by atoms with Gasteiger partial charge in [-0.25, -0.2) is 0 Å². The maximum atomic E-state index is 11.6. The molecule has 1 saturated heterocycles. The van der Waals surface area contributed by atoms with Crippen LogP contribution in [-0.4, -0.2) is 30.7 Å². The molecule has 82 valence electrons. The zero-order valence-corrected chi connectivity index (χ0v) is 9.17. The van der Waals surface area contributed by atoms with Crippen LogP contribution in [0, 0.1) is 5.92 Å². The molecule has 0 aromatic carbocycles. The van der Waals surface area contributed by atoms with Crippen molar-refractivity contribution < 1.29 is 9.53 Å². The van der Waals surface area contributed by atoms with E-state index in [0.717, 1.165) is 19.5 Å². The lowest BCUT2D eigenvalue weighted by Crippen LogP contribution is -2.62. The van der Waals surface area contributed by atoms with E-state index in [1.165, 1.54) is 0 Å². The van der Waals surface area contributed by atoms with Gasteiger partial charge in [0.15, 0.2) is 0 Å². The van der Waals surface area contributed by atoms with Crippen LogP contribution in [0.5, 0.6) is 0 Å². The molecule has 0 saturated carbocycles. The summed E-state index contributed by atoms with van der Waals surface area (Å²) in [4.78, 5) is 11.6. The molecule has 0 aromatic heterocycles. The molecule has 1 atom stereocenters. The molecule has 4 nitrogen and oxygen atoms in total. The van der Waals surface area contributed by atoms with Gasteiger partial charge in [-0.2, -0.15) is 0 Å². The molecule has 1 aliphatic rings. The Bertz CT molecular complexity index is 207. The van der Waals surface area contributed by atoms with Crippen LogP contribution in [0.25, 0.3) is 0 Å². The van der Waals surface area contributed by atoms with E-state index in [9.17, 15) is 4.79 Å². The Morgan fingerprint density at radius 2 is 2.14 bits per heavy atom. The van der Waals surface area contributed by atoms with E-state index in [1.54, 1.807) is 0 Å². The van der Waals surface area contributed by atoms with Crippen molar-refractivity contribution in [3.63, 3.8) is 0 Å². The van der Waals surface area contributed by atoms with Crippen LogP contribution < -0.4 is 11.1 Å². The summed E-state index contributed by atoms with van der Waals surface area (Å²) >= 11 is 0. The number of nitrogens with two attached hydrogens (primary N) is 1. The minimum atomic E-state index is -0.501. The Hall–Kier alpha value is -0.610. The van der Waals surface area contributed by atoms with Gasteiger partial charge in [-0.05, 0) is 12.3 Å². The Morgan fingerprint density at radius 1 is 1.57 bits per heavy atom. The van der Waals surface area contributed by atoms with Crippen LogP contribution >= 0.6 is 0 Å². The predicted molar refractivity (Wildman–Crippen MR) is 54.8 cm³/mol. The van der Waals surface area contributed by atoms with Gasteiger partial charge in [-0.3, -0.25) is 4.79 Å². The van der Waals surface area contributed by atoms with Crippen LogP contribution in [0.3, 0.4) is 0 Å². The third kappa shape index (κ3) is 2.25. The SMILES string of the molecule is CCC1(OC(=O)C(N)C(C)C)CNC1. The molecule has 1 heterocycles. The summed E-state index contributed by atoms with van der Waals surface area (Å²) in [6.45, 7) is 7.36. The quantitative estimate of drug-likeness (QED) is 0.639. The number of hydrogen-bond donors (Lipinski definition) is 2. The van der Waals surface area contributed by atoms with Crippen LogP contribution in [0.15, 0.2) is 0 Å². The summed E-state index contributed by atoms with van der Waals surface area (Å²) < 4.78 is 5.42. The van der Waals surface area contributed by atoms with E-state index in [0.29, 0.717) is 0 Å². The lowest BCUT2D eigenvalue weighted by atomic mass is 9.93. The zero-order chi connectivity index (χ0) is 10.8. The number of carbonyl (C=O) groups is 1. The molecule has 1 unspecified atom stereocenters. The van der Waals surface area contributed by atoms with Crippen molar-refractivity contribution in [1.82, 2.24) is 5.32 Å². The third-order valence-corrected chi connectivity index (χ3v) is 2.85. The number of hydrogen-bond acceptors (Lipinski definition) is 4. The van der Waals surface area contributed by atoms with Gasteiger partial charge in [-0.15, -0.1) is 0 Å². The van der Waals surface area contributed by atoms with Gasteiger partial charge >= 0.3 is 5.97 Å². The lowest BCUT2D eigenvalue weighted by molar-refractivity contribution is -0.168. The highest BCUT2D eigenvalue weighted by Crippen LogP contribution is 2.21. The molecule has 3 N–H and O–H groups in total. The second kappa shape index (κ2) is 4.28.